The van der Waals surface area contributed by atoms with Crippen molar-refractivity contribution in [2.75, 3.05) is 13.1 Å². The SMILES string of the molecule is CCC(CCC[C@@](O)(c1cccc(Cl)c1)[C@@H]1CCCNC1)C(N)=O. The fraction of sp³-hybridized carbons (Fsp3) is 0.632. The molecule has 0 spiro atoms. The van der Waals surface area contributed by atoms with E-state index in [9.17, 15) is 9.90 Å². The zero-order valence-electron chi connectivity index (χ0n) is 14.4. The van der Waals surface area contributed by atoms with Crippen LogP contribution in [0.5, 0.6) is 0 Å². The quantitative estimate of drug-likeness (QED) is 0.672. The third-order valence-electron chi connectivity index (χ3n) is 5.30. The first-order chi connectivity index (χ1) is 11.5. The van der Waals surface area contributed by atoms with Crippen LogP contribution in [0.1, 0.15) is 51.0 Å². The summed E-state index contributed by atoms with van der Waals surface area (Å²) >= 11 is 6.15. The van der Waals surface area contributed by atoms with Gasteiger partial charge in [-0.3, -0.25) is 4.79 Å². The van der Waals surface area contributed by atoms with Crippen molar-refractivity contribution in [1.82, 2.24) is 5.32 Å². The Morgan fingerprint density at radius 1 is 1.54 bits per heavy atom. The molecule has 5 heteroatoms. The van der Waals surface area contributed by atoms with Crippen molar-refractivity contribution in [3.8, 4) is 0 Å². The number of nitrogens with two attached hydrogens (primary N) is 1. The Bertz CT molecular complexity index is 546. The van der Waals surface area contributed by atoms with Gasteiger partial charge >= 0.3 is 0 Å². The lowest BCUT2D eigenvalue weighted by Gasteiger charge is -2.39. The van der Waals surface area contributed by atoms with Crippen molar-refractivity contribution < 1.29 is 9.90 Å². The number of nitrogens with one attached hydrogen (secondary N) is 1. The number of piperidine rings is 1. The van der Waals surface area contributed by atoms with E-state index in [1.165, 1.54) is 0 Å². The molecule has 1 aliphatic heterocycles. The smallest absolute Gasteiger partial charge is 0.220 e. The summed E-state index contributed by atoms with van der Waals surface area (Å²) in [5.74, 6) is -0.209. The Hall–Kier alpha value is -1.10. The Labute approximate surface area is 149 Å². The first-order valence-electron chi connectivity index (χ1n) is 8.95. The highest BCUT2D eigenvalue weighted by Gasteiger charge is 2.38. The molecule has 0 aromatic heterocycles. The molecule has 1 saturated heterocycles. The van der Waals surface area contributed by atoms with Crippen LogP contribution in [0.15, 0.2) is 24.3 Å². The third kappa shape index (κ3) is 4.71. The molecule has 1 aliphatic rings. The van der Waals surface area contributed by atoms with E-state index in [-0.39, 0.29) is 17.7 Å². The van der Waals surface area contributed by atoms with Gasteiger partial charge in [0.15, 0.2) is 0 Å². The number of aliphatic hydroxyl groups is 1. The van der Waals surface area contributed by atoms with Crippen molar-refractivity contribution in [2.45, 2.75) is 51.0 Å². The third-order valence-corrected chi connectivity index (χ3v) is 5.54. The number of carbonyl (C=O) groups excluding carboxylic acids is 1. The Kier molecular flexibility index (Phi) is 7.08. The summed E-state index contributed by atoms with van der Waals surface area (Å²) in [7, 11) is 0. The molecule has 3 atom stereocenters. The maximum Gasteiger partial charge on any atom is 0.220 e. The number of hydrogen-bond donors (Lipinski definition) is 3. The zero-order valence-corrected chi connectivity index (χ0v) is 15.2. The second kappa shape index (κ2) is 8.84. The van der Waals surface area contributed by atoms with Gasteiger partial charge in [-0.15, -0.1) is 0 Å². The van der Waals surface area contributed by atoms with Gasteiger partial charge in [0.1, 0.15) is 0 Å². The number of primary amides is 1. The monoisotopic (exact) mass is 352 g/mol. The highest BCUT2D eigenvalue weighted by molar-refractivity contribution is 6.30. The number of amides is 1. The van der Waals surface area contributed by atoms with E-state index in [1.807, 2.05) is 31.2 Å². The van der Waals surface area contributed by atoms with Crippen LogP contribution in [0.25, 0.3) is 0 Å². The fourth-order valence-electron chi connectivity index (χ4n) is 3.77. The van der Waals surface area contributed by atoms with E-state index >= 15 is 0 Å². The molecule has 1 aromatic carbocycles. The van der Waals surface area contributed by atoms with E-state index in [0.29, 0.717) is 11.4 Å². The maximum absolute atomic E-state index is 11.5. The lowest BCUT2D eigenvalue weighted by atomic mass is 9.74. The van der Waals surface area contributed by atoms with Crippen molar-refractivity contribution >= 4 is 17.5 Å². The van der Waals surface area contributed by atoms with Gasteiger partial charge in [-0.2, -0.15) is 0 Å². The van der Waals surface area contributed by atoms with Gasteiger partial charge in [0, 0.05) is 23.4 Å². The second-order valence-electron chi connectivity index (χ2n) is 6.88. The van der Waals surface area contributed by atoms with E-state index in [2.05, 4.69) is 5.32 Å². The molecular formula is C19H29ClN2O2. The van der Waals surface area contributed by atoms with Crippen LogP contribution in [0.3, 0.4) is 0 Å². The minimum absolute atomic E-state index is 0.113. The molecule has 0 aliphatic carbocycles. The minimum Gasteiger partial charge on any atom is -0.385 e. The summed E-state index contributed by atoms with van der Waals surface area (Å²) in [6.07, 6.45) is 4.89. The van der Waals surface area contributed by atoms with Gasteiger partial charge in [0.25, 0.3) is 0 Å². The molecule has 0 bridgehead atoms. The molecule has 134 valence electrons. The molecule has 4 N–H and O–H groups in total. The molecule has 1 aromatic rings. The zero-order chi connectivity index (χ0) is 17.6. The molecule has 4 nitrogen and oxygen atoms in total. The Morgan fingerprint density at radius 2 is 2.33 bits per heavy atom. The normalized spacial score (nSPS) is 21.9. The summed E-state index contributed by atoms with van der Waals surface area (Å²) in [5, 5.41) is 15.6. The molecule has 1 heterocycles. The van der Waals surface area contributed by atoms with Crippen LogP contribution in [0.2, 0.25) is 5.02 Å². The van der Waals surface area contributed by atoms with Gasteiger partial charge < -0.3 is 16.2 Å². The maximum atomic E-state index is 11.5. The summed E-state index contributed by atoms with van der Waals surface area (Å²) in [4.78, 5) is 11.4. The van der Waals surface area contributed by atoms with Crippen molar-refractivity contribution in [3.63, 3.8) is 0 Å². The average Bonchev–Trinajstić information content (AvgIpc) is 2.59. The summed E-state index contributed by atoms with van der Waals surface area (Å²) < 4.78 is 0. The first-order valence-corrected chi connectivity index (χ1v) is 9.33. The molecule has 0 radical (unpaired) electrons. The van der Waals surface area contributed by atoms with Crippen LogP contribution in [0, 0.1) is 11.8 Å². The van der Waals surface area contributed by atoms with Crippen molar-refractivity contribution in [2.24, 2.45) is 17.6 Å². The van der Waals surface area contributed by atoms with Gasteiger partial charge in [-0.1, -0.05) is 30.7 Å². The Morgan fingerprint density at radius 3 is 2.92 bits per heavy atom. The molecule has 1 fully saturated rings. The van der Waals surface area contributed by atoms with Gasteiger partial charge in [-0.25, -0.2) is 0 Å². The summed E-state index contributed by atoms with van der Waals surface area (Å²) in [6.45, 7) is 3.78. The molecule has 1 amide bonds. The van der Waals surface area contributed by atoms with Crippen LogP contribution < -0.4 is 11.1 Å². The Balaban J connectivity index is 2.15. The molecule has 2 rings (SSSR count). The highest BCUT2D eigenvalue weighted by Crippen LogP contribution is 2.39. The van der Waals surface area contributed by atoms with E-state index < -0.39 is 5.60 Å². The van der Waals surface area contributed by atoms with Crippen LogP contribution >= 0.6 is 11.6 Å². The number of hydrogen-bond acceptors (Lipinski definition) is 3. The average molecular weight is 353 g/mol. The summed E-state index contributed by atoms with van der Waals surface area (Å²) in [5.41, 5.74) is 5.39. The van der Waals surface area contributed by atoms with Gasteiger partial charge in [-0.05, 0) is 62.8 Å². The highest BCUT2D eigenvalue weighted by atomic mass is 35.5. The van der Waals surface area contributed by atoms with E-state index in [0.717, 1.165) is 50.8 Å². The molecule has 1 unspecified atom stereocenters. The predicted octanol–water partition coefficient (Wildman–Crippen LogP) is 3.21. The number of halogens is 1. The lowest BCUT2D eigenvalue weighted by Crippen LogP contribution is -2.44. The second-order valence-corrected chi connectivity index (χ2v) is 7.31. The molecule has 0 saturated carbocycles. The standard InChI is InChI=1S/C19H29ClN2O2/c1-2-14(18(21)23)6-4-10-19(24,16-8-5-11-22-13-16)15-7-3-9-17(20)12-15/h3,7,9,12,14,16,22,24H,2,4-6,8,10-11,13H2,1H3,(H2,21,23)/t14?,16-,19-/m1/s1. The minimum atomic E-state index is -0.922. The predicted molar refractivity (Wildman–Crippen MR) is 97.8 cm³/mol. The largest absolute Gasteiger partial charge is 0.385 e. The summed E-state index contributed by atoms with van der Waals surface area (Å²) in [6, 6.07) is 7.52. The first kappa shape index (κ1) is 19.2. The van der Waals surface area contributed by atoms with Gasteiger partial charge in [0.2, 0.25) is 5.91 Å². The van der Waals surface area contributed by atoms with Crippen molar-refractivity contribution in [1.29, 1.82) is 0 Å². The van der Waals surface area contributed by atoms with E-state index in [1.54, 1.807) is 0 Å². The number of benzene rings is 1. The van der Waals surface area contributed by atoms with Gasteiger partial charge in [0.05, 0.1) is 5.60 Å². The number of carbonyl (C=O) groups is 1. The van der Waals surface area contributed by atoms with Crippen LogP contribution in [-0.4, -0.2) is 24.1 Å². The van der Waals surface area contributed by atoms with Crippen molar-refractivity contribution in [3.05, 3.63) is 34.9 Å². The van der Waals surface area contributed by atoms with E-state index in [4.69, 9.17) is 17.3 Å². The van der Waals surface area contributed by atoms with Crippen LogP contribution in [0.4, 0.5) is 0 Å². The topological polar surface area (TPSA) is 75.3 Å². The lowest BCUT2D eigenvalue weighted by molar-refractivity contribution is -0.122. The molecular weight excluding hydrogens is 324 g/mol. The molecule has 24 heavy (non-hydrogen) atoms. The number of rotatable bonds is 8. The fourth-order valence-corrected chi connectivity index (χ4v) is 3.96. The van der Waals surface area contributed by atoms with Crippen LogP contribution in [-0.2, 0) is 10.4 Å².